The number of benzene rings is 1. The molecule has 3 nitrogen and oxygen atoms in total. The molecule has 3 rings (SSSR count). The molecule has 120 valence electrons. The van der Waals surface area contributed by atoms with Crippen LogP contribution in [-0.4, -0.2) is 22.6 Å². The molecular weight excluding hydrogens is 361 g/mol. The molecule has 0 radical (unpaired) electrons. The zero-order valence-electron chi connectivity index (χ0n) is 12.1. The first-order valence-corrected chi connectivity index (χ1v) is 7.99. The largest absolute Gasteiger partial charge is 0.393 e. The second-order valence-corrected chi connectivity index (χ2v) is 6.41. The molecule has 1 saturated heterocycles. The van der Waals surface area contributed by atoms with Gasteiger partial charge in [0.1, 0.15) is 0 Å². The molecule has 1 aromatic carbocycles. The van der Waals surface area contributed by atoms with Gasteiger partial charge in [-0.25, -0.2) is 4.68 Å². The summed E-state index contributed by atoms with van der Waals surface area (Å²) in [6.07, 6.45) is -0.726. The second-order valence-electron chi connectivity index (χ2n) is 5.62. The van der Waals surface area contributed by atoms with Gasteiger partial charge in [0.15, 0.2) is 6.23 Å². The van der Waals surface area contributed by atoms with Gasteiger partial charge in [-0.3, -0.25) is 0 Å². The molecule has 0 saturated carbocycles. The number of alkyl halides is 3. The highest BCUT2D eigenvalue weighted by molar-refractivity contribution is 9.10. The van der Waals surface area contributed by atoms with Crippen molar-refractivity contribution in [3.63, 3.8) is 0 Å². The predicted octanol–water partition coefficient (Wildman–Crippen LogP) is 4.91. The van der Waals surface area contributed by atoms with Gasteiger partial charge >= 0.3 is 6.18 Å². The molecule has 22 heavy (non-hydrogen) atoms. The Balaban J connectivity index is 2.06. The third-order valence-electron chi connectivity index (χ3n) is 3.97. The normalized spacial score (nSPS) is 19.8. The summed E-state index contributed by atoms with van der Waals surface area (Å²) in [5, 5.41) is 5.03. The van der Waals surface area contributed by atoms with Crippen LogP contribution >= 0.6 is 15.9 Å². The van der Waals surface area contributed by atoms with E-state index in [9.17, 15) is 13.2 Å². The number of aromatic nitrogens is 2. The zero-order valence-corrected chi connectivity index (χ0v) is 13.7. The molecule has 0 bridgehead atoms. The van der Waals surface area contributed by atoms with E-state index < -0.39 is 12.6 Å². The Bertz CT molecular complexity index is 690. The SMILES string of the molecule is Cc1cc2c(cnn2C2CCCCO2)c(Br)c1CC(F)(F)F. The van der Waals surface area contributed by atoms with Crippen LogP contribution in [0.15, 0.2) is 16.7 Å². The van der Waals surface area contributed by atoms with E-state index in [1.165, 1.54) is 0 Å². The Morgan fingerprint density at radius 2 is 2.18 bits per heavy atom. The second kappa shape index (κ2) is 5.85. The van der Waals surface area contributed by atoms with E-state index in [0.29, 0.717) is 22.0 Å². The fourth-order valence-electron chi connectivity index (χ4n) is 2.88. The number of hydrogen-bond acceptors (Lipinski definition) is 2. The van der Waals surface area contributed by atoms with Crippen molar-refractivity contribution in [1.29, 1.82) is 0 Å². The summed E-state index contributed by atoms with van der Waals surface area (Å²) >= 11 is 3.33. The van der Waals surface area contributed by atoms with Crippen LogP contribution in [0, 0.1) is 6.92 Å². The van der Waals surface area contributed by atoms with Gasteiger partial charge in [0.25, 0.3) is 0 Å². The Morgan fingerprint density at radius 3 is 2.82 bits per heavy atom. The first-order chi connectivity index (χ1) is 10.4. The van der Waals surface area contributed by atoms with Crippen molar-refractivity contribution in [2.75, 3.05) is 6.61 Å². The molecule has 1 aromatic heterocycles. The zero-order chi connectivity index (χ0) is 15.9. The molecule has 1 atom stereocenters. The Kier molecular flexibility index (Phi) is 4.20. The van der Waals surface area contributed by atoms with Gasteiger partial charge in [-0.1, -0.05) is 0 Å². The van der Waals surface area contributed by atoms with Crippen molar-refractivity contribution in [3.8, 4) is 0 Å². The lowest BCUT2D eigenvalue weighted by Gasteiger charge is -2.23. The first-order valence-electron chi connectivity index (χ1n) is 7.20. The highest BCUT2D eigenvalue weighted by Crippen LogP contribution is 2.36. The van der Waals surface area contributed by atoms with Crippen LogP contribution in [-0.2, 0) is 11.2 Å². The third-order valence-corrected chi connectivity index (χ3v) is 4.88. The van der Waals surface area contributed by atoms with Crippen LogP contribution in [0.3, 0.4) is 0 Å². The van der Waals surface area contributed by atoms with E-state index in [1.54, 1.807) is 23.9 Å². The molecule has 1 aliphatic rings. The third kappa shape index (κ3) is 3.01. The van der Waals surface area contributed by atoms with Gasteiger partial charge in [0.05, 0.1) is 18.1 Å². The van der Waals surface area contributed by atoms with Crippen molar-refractivity contribution in [2.24, 2.45) is 0 Å². The molecule has 0 aliphatic carbocycles. The molecule has 0 amide bonds. The van der Waals surface area contributed by atoms with E-state index in [4.69, 9.17) is 4.74 Å². The van der Waals surface area contributed by atoms with Gasteiger partial charge in [0, 0.05) is 16.5 Å². The van der Waals surface area contributed by atoms with Crippen molar-refractivity contribution < 1.29 is 17.9 Å². The smallest absolute Gasteiger partial charge is 0.356 e. The van der Waals surface area contributed by atoms with Gasteiger partial charge in [-0.2, -0.15) is 18.3 Å². The van der Waals surface area contributed by atoms with Crippen molar-refractivity contribution >= 4 is 26.8 Å². The van der Waals surface area contributed by atoms with Crippen molar-refractivity contribution in [1.82, 2.24) is 9.78 Å². The summed E-state index contributed by atoms with van der Waals surface area (Å²) in [4.78, 5) is 0. The van der Waals surface area contributed by atoms with E-state index in [-0.39, 0.29) is 11.8 Å². The highest BCUT2D eigenvalue weighted by atomic mass is 79.9. The van der Waals surface area contributed by atoms with Gasteiger partial charge < -0.3 is 4.74 Å². The van der Waals surface area contributed by atoms with E-state index >= 15 is 0 Å². The maximum atomic E-state index is 12.7. The number of halogens is 4. The minimum Gasteiger partial charge on any atom is -0.356 e. The molecule has 2 aromatic rings. The minimum atomic E-state index is -4.23. The lowest BCUT2D eigenvalue weighted by molar-refractivity contribution is -0.127. The van der Waals surface area contributed by atoms with Gasteiger partial charge in [-0.05, 0) is 59.3 Å². The Morgan fingerprint density at radius 1 is 1.41 bits per heavy atom. The fourth-order valence-corrected chi connectivity index (χ4v) is 3.63. The average Bonchev–Trinajstić information content (AvgIpc) is 2.87. The number of rotatable bonds is 2. The van der Waals surface area contributed by atoms with Crippen molar-refractivity contribution in [2.45, 2.75) is 45.0 Å². The first kappa shape index (κ1) is 15.8. The summed E-state index contributed by atoms with van der Waals surface area (Å²) in [7, 11) is 0. The number of fused-ring (bicyclic) bond motifs is 1. The van der Waals surface area contributed by atoms with E-state index in [0.717, 1.165) is 24.8 Å². The van der Waals surface area contributed by atoms with E-state index in [2.05, 4.69) is 21.0 Å². The maximum absolute atomic E-state index is 12.7. The molecule has 1 fully saturated rings. The van der Waals surface area contributed by atoms with Crippen LogP contribution < -0.4 is 0 Å². The Hall–Kier alpha value is -1.08. The number of hydrogen-bond donors (Lipinski definition) is 0. The topological polar surface area (TPSA) is 27.1 Å². The van der Waals surface area contributed by atoms with E-state index in [1.807, 2.05) is 0 Å². The summed E-state index contributed by atoms with van der Waals surface area (Å²) in [6, 6.07) is 1.77. The van der Waals surface area contributed by atoms with Gasteiger partial charge in [0.2, 0.25) is 0 Å². The molecule has 0 spiro atoms. The summed E-state index contributed by atoms with van der Waals surface area (Å²) in [6.45, 7) is 2.39. The van der Waals surface area contributed by atoms with Crippen LogP contribution in [0.4, 0.5) is 13.2 Å². The number of aryl methyl sites for hydroxylation is 1. The molecule has 2 heterocycles. The van der Waals surface area contributed by atoms with Crippen LogP contribution in [0.25, 0.3) is 10.9 Å². The maximum Gasteiger partial charge on any atom is 0.393 e. The average molecular weight is 377 g/mol. The van der Waals surface area contributed by atoms with Crippen LogP contribution in [0.1, 0.15) is 36.6 Å². The Labute approximate surface area is 134 Å². The summed E-state index contributed by atoms with van der Waals surface area (Å²) in [5.41, 5.74) is 1.68. The number of nitrogens with zero attached hydrogens (tertiary/aromatic N) is 2. The lowest BCUT2D eigenvalue weighted by Crippen LogP contribution is -2.19. The predicted molar refractivity (Wildman–Crippen MR) is 80.8 cm³/mol. The van der Waals surface area contributed by atoms with Crippen LogP contribution in [0.5, 0.6) is 0 Å². The summed E-state index contributed by atoms with van der Waals surface area (Å²) < 4.78 is 46.2. The lowest BCUT2D eigenvalue weighted by atomic mass is 10.0. The molecule has 0 N–H and O–H groups in total. The molecule has 1 unspecified atom stereocenters. The fraction of sp³-hybridized carbons (Fsp3) is 0.533. The standard InChI is InChI=1S/C15H16BrF3N2O/c1-9-6-12-11(14(16)10(9)7-15(17,18)19)8-20-21(12)13-4-2-3-5-22-13/h6,8,13H,2-5,7H2,1H3. The quantitative estimate of drug-likeness (QED) is 0.744. The minimum absolute atomic E-state index is 0.133. The van der Waals surface area contributed by atoms with Crippen molar-refractivity contribution in [3.05, 3.63) is 27.9 Å². The summed E-state index contributed by atoms with van der Waals surface area (Å²) in [5.74, 6) is 0. The molecule has 7 heteroatoms. The van der Waals surface area contributed by atoms with Crippen LogP contribution in [0.2, 0.25) is 0 Å². The molecular formula is C15H16BrF3N2O. The molecule has 1 aliphatic heterocycles. The number of ether oxygens (including phenoxy) is 1. The monoisotopic (exact) mass is 376 g/mol. The highest BCUT2D eigenvalue weighted by Gasteiger charge is 2.30. The van der Waals surface area contributed by atoms with Gasteiger partial charge in [-0.15, -0.1) is 0 Å².